The molecule has 1 aliphatic carbocycles. The monoisotopic (exact) mass is 279 g/mol. The summed E-state index contributed by atoms with van der Waals surface area (Å²) in [6, 6.07) is 4.19. The van der Waals surface area contributed by atoms with Crippen LogP contribution in [0.15, 0.2) is 22.9 Å². The molecule has 1 aliphatic rings. The second-order valence-corrected chi connectivity index (χ2v) is 5.26. The summed E-state index contributed by atoms with van der Waals surface area (Å²) in [7, 11) is 0. The van der Waals surface area contributed by atoms with Crippen molar-refractivity contribution in [3.8, 4) is 0 Å². The molecule has 2 aromatic heterocycles. The quantitative estimate of drug-likeness (QED) is 0.799. The normalized spacial score (nSPS) is 18.1. The van der Waals surface area contributed by atoms with E-state index in [1.54, 1.807) is 6.20 Å². The Balaban J connectivity index is 1.99. The highest BCUT2D eigenvalue weighted by molar-refractivity contribution is 9.10. The van der Waals surface area contributed by atoms with Crippen molar-refractivity contribution >= 4 is 21.6 Å². The van der Waals surface area contributed by atoms with Gasteiger partial charge in [-0.25, -0.2) is 9.50 Å². The minimum atomic E-state index is 0.646. The van der Waals surface area contributed by atoms with E-state index in [2.05, 4.69) is 38.1 Å². The van der Waals surface area contributed by atoms with Gasteiger partial charge in [0.1, 0.15) is 4.60 Å². The molecule has 16 heavy (non-hydrogen) atoms. The third-order valence-electron chi connectivity index (χ3n) is 3.36. The zero-order valence-corrected chi connectivity index (χ0v) is 10.7. The number of fused-ring (bicyclic) bond motifs is 1. The number of hydrogen-bond donors (Lipinski definition) is 0. The van der Waals surface area contributed by atoms with Gasteiger partial charge in [0.25, 0.3) is 0 Å². The Morgan fingerprint density at radius 2 is 2.00 bits per heavy atom. The van der Waals surface area contributed by atoms with Crippen LogP contribution in [0.3, 0.4) is 0 Å². The van der Waals surface area contributed by atoms with Gasteiger partial charge in [-0.2, -0.15) is 5.10 Å². The zero-order chi connectivity index (χ0) is 11.0. The summed E-state index contributed by atoms with van der Waals surface area (Å²) in [6.07, 6.45) is 8.43. The third kappa shape index (κ3) is 1.75. The van der Waals surface area contributed by atoms with Crippen LogP contribution in [-0.4, -0.2) is 14.6 Å². The summed E-state index contributed by atoms with van der Waals surface area (Å²) in [5.41, 5.74) is 2.12. The van der Waals surface area contributed by atoms with Crippen molar-refractivity contribution in [3.63, 3.8) is 0 Å². The molecule has 84 valence electrons. The number of nitrogens with zero attached hydrogens (tertiary/aromatic N) is 3. The molecule has 0 unspecified atom stereocenters. The Morgan fingerprint density at radius 1 is 1.19 bits per heavy atom. The summed E-state index contributed by atoms with van der Waals surface area (Å²) >= 11 is 3.46. The van der Waals surface area contributed by atoms with Gasteiger partial charge in [0.2, 0.25) is 0 Å². The average molecular weight is 280 g/mol. The van der Waals surface area contributed by atoms with Gasteiger partial charge in [0.05, 0.1) is 11.9 Å². The highest BCUT2D eigenvalue weighted by Gasteiger charge is 2.17. The summed E-state index contributed by atoms with van der Waals surface area (Å²) < 4.78 is 2.81. The van der Waals surface area contributed by atoms with Crippen LogP contribution in [0.25, 0.3) is 5.65 Å². The second-order valence-electron chi connectivity index (χ2n) is 4.44. The highest BCUT2D eigenvalue weighted by Crippen LogP contribution is 2.31. The maximum Gasteiger partial charge on any atom is 0.154 e. The minimum Gasteiger partial charge on any atom is -0.234 e. The highest BCUT2D eigenvalue weighted by atomic mass is 79.9. The first-order valence-corrected chi connectivity index (χ1v) is 6.64. The van der Waals surface area contributed by atoms with Crippen molar-refractivity contribution in [2.75, 3.05) is 0 Å². The molecule has 1 saturated carbocycles. The molecule has 0 atom stereocenters. The lowest BCUT2D eigenvalue weighted by atomic mass is 9.87. The molecule has 0 aliphatic heterocycles. The maximum atomic E-state index is 4.67. The van der Waals surface area contributed by atoms with Crippen molar-refractivity contribution < 1.29 is 0 Å². The molecule has 0 saturated heterocycles. The van der Waals surface area contributed by atoms with Gasteiger partial charge in [0, 0.05) is 5.92 Å². The van der Waals surface area contributed by atoms with Crippen LogP contribution in [-0.2, 0) is 0 Å². The molecule has 0 spiro atoms. The predicted molar refractivity (Wildman–Crippen MR) is 66.5 cm³/mol. The van der Waals surface area contributed by atoms with E-state index in [1.807, 2.05) is 4.52 Å². The molecule has 0 bridgehead atoms. The average Bonchev–Trinajstić information content (AvgIpc) is 2.72. The molecule has 3 nitrogen and oxygen atoms in total. The molecule has 1 fully saturated rings. The predicted octanol–water partition coefficient (Wildman–Crippen LogP) is 3.54. The van der Waals surface area contributed by atoms with Gasteiger partial charge in [-0.05, 0) is 40.9 Å². The first-order chi connectivity index (χ1) is 7.84. The van der Waals surface area contributed by atoms with E-state index in [0.29, 0.717) is 5.92 Å². The standard InChI is InChI=1S/C12H14BrN3/c13-11-8-14-12-7-6-10(15-16(11)12)9-4-2-1-3-5-9/h6-9H,1-5H2. The van der Waals surface area contributed by atoms with E-state index in [0.717, 1.165) is 10.3 Å². The molecular formula is C12H14BrN3. The fourth-order valence-electron chi connectivity index (χ4n) is 2.48. The first kappa shape index (κ1) is 10.3. The number of rotatable bonds is 1. The number of hydrogen-bond acceptors (Lipinski definition) is 2. The topological polar surface area (TPSA) is 30.2 Å². The number of imidazole rings is 1. The molecule has 4 heteroatoms. The van der Waals surface area contributed by atoms with E-state index in [1.165, 1.54) is 37.8 Å². The Bertz CT molecular complexity index is 500. The van der Waals surface area contributed by atoms with Crippen molar-refractivity contribution in [1.29, 1.82) is 0 Å². The number of halogens is 1. The van der Waals surface area contributed by atoms with Gasteiger partial charge in [-0.1, -0.05) is 19.3 Å². The molecular weight excluding hydrogens is 266 g/mol. The lowest BCUT2D eigenvalue weighted by Gasteiger charge is -2.20. The van der Waals surface area contributed by atoms with Gasteiger partial charge >= 0.3 is 0 Å². The fraction of sp³-hybridized carbons (Fsp3) is 0.500. The van der Waals surface area contributed by atoms with Crippen LogP contribution in [0.5, 0.6) is 0 Å². The maximum absolute atomic E-state index is 4.67. The lowest BCUT2D eigenvalue weighted by Crippen LogP contribution is -2.08. The molecule has 0 amide bonds. The number of aromatic nitrogens is 3. The van der Waals surface area contributed by atoms with E-state index < -0.39 is 0 Å². The van der Waals surface area contributed by atoms with Crippen molar-refractivity contribution in [1.82, 2.24) is 14.6 Å². The zero-order valence-electron chi connectivity index (χ0n) is 9.06. The van der Waals surface area contributed by atoms with E-state index in [9.17, 15) is 0 Å². The van der Waals surface area contributed by atoms with Crippen LogP contribution in [0, 0.1) is 0 Å². The van der Waals surface area contributed by atoms with Crippen LogP contribution < -0.4 is 0 Å². The summed E-state index contributed by atoms with van der Waals surface area (Å²) in [5, 5.41) is 4.67. The molecule has 3 rings (SSSR count). The van der Waals surface area contributed by atoms with Crippen LogP contribution >= 0.6 is 15.9 Å². The summed E-state index contributed by atoms with van der Waals surface area (Å²) in [4.78, 5) is 4.26. The third-order valence-corrected chi connectivity index (χ3v) is 3.91. The Hall–Kier alpha value is -0.900. The molecule has 0 N–H and O–H groups in total. The van der Waals surface area contributed by atoms with Gasteiger partial charge in [-0.15, -0.1) is 0 Å². The molecule has 2 heterocycles. The fourth-order valence-corrected chi connectivity index (χ4v) is 2.84. The largest absolute Gasteiger partial charge is 0.234 e. The van der Waals surface area contributed by atoms with Crippen molar-refractivity contribution in [2.45, 2.75) is 38.0 Å². The SMILES string of the molecule is Brc1cnc2ccc(C3CCCCC3)nn12. The van der Waals surface area contributed by atoms with Crippen molar-refractivity contribution in [2.24, 2.45) is 0 Å². The van der Waals surface area contributed by atoms with Crippen LogP contribution in [0.1, 0.15) is 43.7 Å². The van der Waals surface area contributed by atoms with Gasteiger partial charge in [-0.3, -0.25) is 0 Å². The molecule has 0 aromatic carbocycles. The molecule has 2 aromatic rings. The second kappa shape index (κ2) is 4.17. The van der Waals surface area contributed by atoms with E-state index in [4.69, 9.17) is 0 Å². The minimum absolute atomic E-state index is 0.646. The van der Waals surface area contributed by atoms with Gasteiger partial charge < -0.3 is 0 Å². The van der Waals surface area contributed by atoms with E-state index >= 15 is 0 Å². The van der Waals surface area contributed by atoms with Crippen molar-refractivity contribution in [3.05, 3.63) is 28.6 Å². The summed E-state index contributed by atoms with van der Waals surface area (Å²) in [6.45, 7) is 0. The van der Waals surface area contributed by atoms with Crippen LogP contribution in [0.2, 0.25) is 0 Å². The van der Waals surface area contributed by atoms with Gasteiger partial charge in [0.15, 0.2) is 5.65 Å². The molecule has 0 radical (unpaired) electrons. The Kier molecular flexibility index (Phi) is 2.67. The summed E-state index contributed by atoms with van der Waals surface area (Å²) in [5.74, 6) is 0.646. The smallest absolute Gasteiger partial charge is 0.154 e. The Labute approximate surface area is 103 Å². The Morgan fingerprint density at radius 3 is 2.81 bits per heavy atom. The first-order valence-electron chi connectivity index (χ1n) is 5.85. The van der Waals surface area contributed by atoms with Crippen LogP contribution in [0.4, 0.5) is 0 Å². The van der Waals surface area contributed by atoms with E-state index in [-0.39, 0.29) is 0 Å². The lowest BCUT2D eigenvalue weighted by molar-refractivity contribution is 0.433.